The molecule has 0 spiro atoms. The summed E-state index contributed by atoms with van der Waals surface area (Å²) in [5, 5.41) is 0. The lowest BCUT2D eigenvalue weighted by Crippen LogP contribution is -2.15. The van der Waals surface area contributed by atoms with Gasteiger partial charge in [-0.15, -0.1) is 0 Å². The number of benzene rings is 1. The first kappa shape index (κ1) is 18.9. The van der Waals surface area contributed by atoms with Gasteiger partial charge in [0.25, 0.3) is 0 Å². The van der Waals surface area contributed by atoms with Gasteiger partial charge in [0, 0.05) is 36.7 Å². The Kier molecular flexibility index (Phi) is 5.86. The molecule has 3 nitrogen and oxygen atoms in total. The van der Waals surface area contributed by atoms with E-state index >= 15 is 0 Å². The summed E-state index contributed by atoms with van der Waals surface area (Å²) in [6, 6.07) is 8.37. The largest absolute Gasteiger partial charge is 0.299 e. The minimum atomic E-state index is 0.372. The van der Waals surface area contributed by atoms with E-state index in [0.29, 0.717) is 24.0 Å². The van der Waals surface area contributed by atoms with Crippen molar-refractivity contribution >= 4 is 5.78 Å². The van der Waals surface area contributed by atoms with Crippen LogP contribution in [0, 0.1) is 29.6 Å². The maximum absolute atomic E-state index is 11.9. The van der Waals surface area contributed by atoms with Crippen LogP contribution in [0.4, 0.5) is 0 Å². The van der Waals surface area contributed by atoms with Crippen molar-refractivity contribution in [2.45, 2.75) is 58.3 Å². The van der Waals surface area contributed by atoms with Gasteiger partial charge < -0.3 is 0 Å². The minimum Gasteiger partial charge on any atom is -0.299 e. The summed E-state index contributed by atoms with van der Waals surface area (Å²) < 4.78 is 0. The molecule has 0 amide bonds. The summed E-state index contributed by atoms with van der Waals surface area (Å²) >= 11 is 0. The Labute approximate surface area is 168 Å². The standard InChI is InChI=1S/C25H28N2O/c1-18(14-24(28)23-11-12-23)13-21-8-5-19(6-9-21)7-10-22-16-26-25(27-17-22)15-20-3-2-4-20/h5-6,8-9,16-18,20,23H,2-4,11-15H2,1H3. The monoisotopic (exact) mass is 372 g/mol. The van der Waals surface area contributed by atoms with Crippen LogP contribution in [0.25, 0.3) is 0 Å². The molecule has 0 saturated heterocycles. The Morgan fingerprint density at radius 3 is 2.32 bits per heavy atom. The van der Waals surface area contributed by atoms with Crippen molar-refractivity contribution in [3.8, 4) is 11.8 Å². The number of carbonyl (C=O) groups excluding carboxylic acids is 1. The normalized spacial score (nSPS) is 17.3. The molecule has 1 unspecified atom stereocenters. The van der Waals surface area contributed by atoms with Crippen LogP contribution in [0.1, 0.15) is 68.0 Å². The Morgan fingerprint density at radius 2 is 1.71 bits per heavy atom. The number of hydrogen-bond donors (Lipinski definition) is 0. The Balaban J connectivity index is 1.29. The highest BCUT2D eigenvalue weighted by Crippen LogP contribution is 2.32. The number of ketones is 1. The molecule has 0 aliphatic heterocycles. The van der Waals surface area contributed by atoms with Crippen LogP contribution < -0.4 is 0 Å². The Hall–Kier alpha value is -2.47. The number of rotatable bonds is 7. The lowest BCUT2D eigenvalue weighted by Gasteiger charge is -2.24. The van der Waals surface area contributed by atoms with E-state index in [0.717, 1.165) is 48.6 Å². The average Bonchev–Trinajstić information content (AvgIpc) is 3.50. The molecule has 1 heterocycles. The van der Waals surface area contributed by atoms with Crippen molar-refractivity contribution in [1.29, 1.82) is 0 Å². The summed E-state index contributed by atoms with van der Waals surface area (Å²) in [6.45, 7) is 2.17. The van der Waals surface area contributed by atoms with E-state index < -0.39 is 0 Å². The van der Waals surface area contributed by atoms with Crippen LogP contribution in [0.3, 0.4) is 0 Å². The third kappa shape index (κ3) is 5.29. The topological polar surface area (TPSA) is 42.9 Å². The smallest absolute Gasteiger partial charge is 0.136 e. The summed E-state index contributed by atoms with van der Waals surface area (Å²) in [5.74, 6) is 9.30. The third-order valence-corrected chi connectivity index (χ3v) is 5.87. The van der Waals surface area contributed by atoms with Crippen LogP contribution in [-0.2, 0) is 17.6 Å². The van der Waals surface area contributed by atoms with Crippen LogP contribution in [0.5, 0.6) is 0 Å². The Bertz CT molecular complexity index is 866. The van der Waals surface area contributed by atoms with Crippen LogP contribution in [-0.4, -0.2) is 15.8 Å². The molecule has 0 bridgehead atoms. The minimum absolute atomic E-state index is 0.372. The molecule has 1 aromatic carbocycles. The van der Waals surface area contributed by atoms with E-state index in [2.05, 4.69) is 53.0 Å². The summed E-state index contributed by atoms with van der Waals surface area (Å²) in [7, 11) is 0. The molecule has 3 heteroatoms. The second-order valence-electron chi connectivity index (χ2n) is 8.59. The lowest BCUT2D eigenvalue weighted by molar-refractivity contribution is -0.121. The van der Waals surface area contributed by atoms with Crippen molar-refractivity contribution in [2.24, 2.45) is 17.8 Å². The van der Waals surface area contributed by atoms with Crippen molar-refractivity contribution in [3.63, 3.8) is 0 Å². The molecule has 4 rings (SSSR count). The molecule has 144 valence electrons. The molecule has 1 aromatic heterocycles. The zero-order valence-electron chi connectivity index (χ0n) is 16.7. The molecule has 0 N–H and O–H groups in total. The van der Waals surface area contributed by atoms with E-state index in [4.69, 9.17) is 0 Å². The molecular weight excluding hydrogens is 344 g/mol. The van der Waals surface area contributed by atoms with E-state index in [9.17, 15) is 4.79 Å². The summed E-state index contributed by atoms with van der Waals surface area (Å²) in [6.07, 6.45) is 12.5. The van der Waals surface area contributed by atoms with Gasteiger partial charge in [-0.1, -0.05) is 50.2 Å². The number of carbonyl (C=O) groups is 1. The first-order valence-corrected chi connectivity index (χ1v) is 10.6. The molecule has 28 heavy (non-hydrogen) atoms. The first-order valence-electron chi connectivity index (χ1n) is 10.6. The number of hydrogen-bond acceptors (Lipinski definition) is 3. The van der Waals surface area contributed by atoms with E-state index in [1.54, 1.807) is 0 Å². The highest BCUT2D eigenvalue weighted by molar-refractivity contribution is 5.83. The van der Waals surface area contributed by atoms with E-state index in [-0.39, 0.29) is 0 Å². The van der Waals surface area contributed by atoms with Gasteiger partial charge in [0.2, 0.25) is 0 Å². The van der Waals surface area contributed by atoms with E-state index in [1.165, 1.54) is 24.8 Å². The molecule has 2 fully saturated rings. The predicted molar refractivity (Wildman–Crippen MR) is 111 cm³/mol. The van der Waals surface area contributed by atoms with Crippen LogP contribution >= 0.6 is 0 Å². The molecule has 1 atom stereocenters. The fourth-order valence-electron chi connectivity index (χ4n) is 3.74. The number of Topliss-reactive ketones (excluding diaryl/α,β-unsaturated/α-hetero) is 1. The maximum atomic E-state index is 11.9. The van der Waals surface area contributed by atoms with Crippen molar-refractivity contribution in [3.05, 3.63) is 59.2 Å². The van der Waals surface area contributed by atoms with Gasteiger partial charge in [-0.05, 0) is 48.8 Å². The first-order chi connectivity index (χ1) is 13.7. The van der Waals surface area contributed by atoms with Crippen LogP contribution in [0.2, 0.25) is 0 Å². The quantitative estimate of drug-likeness (QED) is 0.658. The van der Waals surface area contributed by atoms with E-state index in [1.807, 2.05) is 12.4 Å². The van der Waals surface area contributed by atoms with Gasteiger partial charge in [-0.2, -0.15) is 0 Å². The maximum Gasteiger partial charge on any atom is 0.136 e. The second kappa shape index (κ2) is 8.69. The molecule has 0 radical (unpaired) electrons. The van der Waals surface area contributed by atoms with Gasteiger partial charge >= 0.3 is 0 Å². The second-order valence-corrected chi connectivity index (χ2v) is 8.59. The fraction of sp³-hybridized carbons (Fsp3) is 0.480. The lowest BCUT2D eigenvalue weighted by atomic mass is 9.83. The van der Waals surface area contributed by atoms with Gasteiger partial charge in [0.15, 0.2) is 0 Å². The molecule has 2 saturated carbocycles. The van der Waals surface area contributed by atoms with Crippen LogP contribution in [0.15, 0.2) is 36.7 Å². The van der Waals surface area contributed by atoms with Gasteiger partial charge in [0.05, 0.1) is 5.56 Å². The Morgan fingerprint density at radius 1 is 1.04 bits per heavy atom. The summed E-state index contributed by atoms with van der Waals surface area (Å²) in [5.41, 5.74) is 3.11. The zero-order chi connectivity index (χ0) is 19.3. The average molecular weight is 373 g/mol. The molecular formula is C25H28N2O. The molecule has 2 aromatic rings. The number of nitrogens with zero attached hydrogens (tertiary/aromatic N) is 2. The SMILES string of the molecule is CC(CC(=O)C1CC1)Cc1ccc(C#Cc2cnc(CC3CCC3)nc2)cc1. The van der Waals surface area contributed by atoms with Gasteiger partial charge in [0.1, 0.15) is 11.6 Å². The summed E-state index contributed by atoms with van der Waals surface area (Å²) in [4.78, 5) is 20.9. The number of aromatic nitrogens is 2. The van der Waals surface area contributed by atoms with Crippen molar-refractivity contribution in [1.82, 2.24) is 9.97 Å². The third-order valence-electron chi connectivity index (χ3n) is 5.87. The fourth-order valence-corrected chi connectivity index (χ4v) is 3.74. The van der Waals surface area contributed by atoms with Crippen molar-refractivity contribution in [2.75, 3.05) is 0 Å². The van der Waals surface area contributed by atoms with Crippen molar-refractivity contribution < 1.29 is 4.79 Å². The zero-order valence-corrected chi connectivity index (χ0v) is 16.7. The highest BCUT2D eigenvalue weighted by atomic mass is 16.1. The molecule has 2 aliphatic rings. The van der Waals surface area contributed by atoms with Gasteiger partial charge in [-0.3, -0.25) is 4.79 Å². The van der Waals surface area contributed by atoms with Gasteiger partial charge in [-0.25, -0.2) is 9.97 Å². The highest BCUT2D eigenvalue weighted by Gasteiger charge is 2.29. The molecule has 2 aliphatic carbocycles. The predicted octanol–water partition coefficient (Wildman–Crippen LogP) is 4.77.